The van der Waals surface area contributed by atoms with Crippen LogP contribution in [-0.4, -0.2) is 30.0 Å². The van der Waals surface area contributed by atoms with Crippen LogP contribution in [0, 0.1) is 0 Å². The van der Waals surface area contributed by atoms with Gasteiger partial charge in [-0.15, -0.1) is 11.3 Å². The van der Waals surface area contributed by atoms with E-state index < -0.39 is 0 Å². The van der Waals surface area contributed by atoms with Gasteiger partial charge in [0.05, 0.1) is 16.7 Å². The number of rotatable bonds is 4. The summed E-state index contributed by atoms with van der Waals surface area (Å²) in [6.07, 6.45) is 4.10. The molecule has 1 aromatic rings. The Bertz CT molecular complexity index is 444. The quantitative estimate of drug-likeness (QED) is 0.896. The van der Waals surface area contributed by atoms with Crippen LogP contribution in [0.3, 0.4) is 0 Å². The molecular formula is C15H25N3OS. The van der Waals surface area contributed by atoms with Crippen LogP contribution in [0.15, 0.2) is 5.38 Å². The first-order valence-corrected chi connectivity index (χ1v) is 8.31. The summed E-state index contributed by atoms with van der Waals surface area (Å²) in [7, 11) is 0. The Kier molecular flexibility index (Phi) is 5.16. The van der Waals surface area contributed by atoms with Gasteiger partial charge in [0.25, 0.3) is 0 Å². The standard InChI is InChI=1S/C15H25N3OS/c1-15(2,3)12-10-20-13(18-12)7-9-17-14(19)11-6-4-5-8-16-11/h10-11,16H,4-9H2,1-3H3,(H,17,19)/t11-/m1/s1. The first-order chi connectivity index (χ1) is 9.47. The van der Waals surface area contributed by atoms with Crippen LogP contribution in [0.1, 0.15) is 50.7 Å². The zero-order valence-electron chi connectivity index (χ0n) is 12.7. The second-order valence-electron chi connectivity index (χ2n) is 6.42. The van der Waals surface area contributed by atoms with Crippen molar-refractivity contribution in [1.82, 2.24) is 15.6 Å². The lowest BCUT2D eigenvalue weighted by Gasteiger charge is -2.22. The second kappa shape index (κ2) is 6.68. The molecule has 1 amide bonds. The molecule has 0 unspecified atom stereocenters. The summed E-state index contributed by atoms with van der Waals surface area (Å²) in [5.74, 6) is 0.136. The molecule has 1 fully saturated rings. The van der Waals surface area contributed by atoms with E-state index in [0.29, 0.717) is 6.54 Å². The van der Waals surface area contributed by atoms with Gasteiger partial charge in [-0.3, -0.25) is 4.79 Å². The number of carbonyl (C=O) groups is 1. The molecule has 4 nitrogen and oxygen atoms in total. The number of carbonyl (C=O) groups excluding carboxylic acids is 1. The molecule has 2 rings (SSSR count). The Balaban J connectivity index is 1.75. The Morgan fingerprint density at radius 1 is 1.50 bits per heavy atom. The molecule has 1 aliphatic rings. The van der Waals surface area contributed by atoms with Gasteiger partial charge >= 0.3 is 0 Å². The molecule has 0 aliphatic carbocycles. The summed E-state index contributed by atoms with van der Waals surface area (Å²) in [5, 5.41) is 9.51. The van der Waals surface area contributed by atoms with Crippen molar-refractivity contribution in [2.75, 3.05) is 13.1 Å². The molecule has 0 aromatic carbocycles. The van der Waals surface area contributed by atoms with Crippen LogP contribution in [0.5, 0.6) is 0 Å². The third-order valence-corrected chi connectivity index (χ3v) is 4.49. The van der Waals surface area contributed by atoms with Crippen molar-refractivity contribution >= 4 is 17.2 Å². The lowest BCUT2D eigenvalue weighted by atomic mass is 9.93. The SMILES string of the molecule is CC(C)(C)c1csc(CCNC(=O)[C@H]2CCCCN2)n1. The van der Waals surface area contributed by atoms with E-state index >= 15 is 0 Å². The van der Waals surface area contributed by atoms with E-state index in [4.69, 9.17) is 0 Å². The molecule has 5 heteroatoms. The lowest BCUT2D eigenvalue weighted by molar-refractivity contribution is -0.123. The predicted octanol–water partition coefficient (Wildman–Crippen LogP) is 2.24. The zero-order valence-corrected chi connectivity index (χ0v) is 13.5. The first-order valence-electron chi connectivity index (χ1n) is 7.43. The molecule has 1 saturated heterocycles. The van der Waals surface area contributed by atoms with Crippen LogP contribution in [-0.2, 0) is 16.6 Å². The fourth-order valence-electron chi connectivity index (χ4n) is 2.26. The van der Waals surface area contributed by atoms with Gasteiger partial charge in [-0.1, -0.05) is 27.2 Å². The fraction of sp³-hybridized carbons (Fsp3) is 0.733. The third-order valence-electron chi connectivity index (χ3n) is 3.59. The van der Waals surface area contributed by atoms with Crippen molar-refractivity contribution in [1.29, 1.82) is 0 Å². The topological polar surface area (TPSA) is 54.0 Å². The number of amides is 1. The number of thiazole rings is 1. The maximum atomic E-state index is 12.0. The van der Waals surface area contributed by atoms with E-state index in [1.165, 1.54) is 6.42 Å². The molecule has 112 valence electrons. The van der Waals surface area contributed by atoms with Crippen molar-refractivity contribution < 1.29 is 4.79 Å². The van der Waals surface area contributed by atoms with Gasteiger partial charge in [-0.25, -0.2) is 4.98 Å². The van der Waals surface area contributed by atoms with Crippen molar-refractivity contribution in [3.8, 4) is 0 Å². The second-order valence-corrected chi connectivity index (χ2v) is 7.36. The van der Waals surface area contributed by atoms with E-state index in [-0.39, 0.29) is 17.4 Å². The van der Waals surface area contributed by atoms with Crippen molar-refractivity contribution in [2.24, 2.45) is 0 Å². The number of hydrogen-bond donors (Lipinski definition) is 2. The van der Waals surface area contributed by atoms with E-state index in [0.717, 1.165) is 36.5 Å². The maximum absolute atomic E-state index is 12.0. The van der Waals surface area contributed by atoms with Crippen LogP contribution >= 0.6 is 11.3 Å². The summed E-state index contributed by atoms with van der Waals surface area (Å²) in [6, 6.07) is 0.00480. The monoisotopic (exact) mass is 295 g/mol. The van der Waals surface area contributed by atoms with E-state index in [2.05, 4.69) is 41.8 Å². The van der Waals surface area contributed by atoms with Crippen molar-refractivity contribution in [3.05, 3.63) is 16.1 Å². The van der Waals surface area contributed by atoms with Gasteiger partial charge in [0.2, 0.25) is 5.91 Å². The number of nitrogens with zero attached hydrogens (tertiary/aromatic N) is 1. The molecule has 20 heavy (non-hydrogen) atoms. The number of nitrogens with one attached hydrogen (secondary N) is 2. The molecule has 2 N–H and O–H groups in total. The van der Waals surface area contributed by atoms with Gasteiger partial charge in [0.1, 0.15) is 0 Å². The number of piperidine rings is 1. The minimum Gasteiger partial charge on any atom is -0.354 e. The number of aromatic nitrogens is 1. The molecule has 2 heterocycles. The molecule has 0 radical (unpaired) electrons. The largest absolute Gasteiger partial charge is 0.354 e. The van der Waals surface area contributed by atoms with Gasteiger partial charge in [0, 0.05) is 23.8 Å². The maximum Gasteiger partial charge on any atom is 0.237 e. The van der Waals surface area contributed by atoms with E-state index in [9.17, 15) is 4.79 Å². The van der Waals surface area contributed by atoms with Crippen LogP contribution < -0.4 is 10.6 Å². The Morgan fingerprint density at radius 3 is 2.90 bits per heavy atom. The zero-order chi connectivity index (χ0) is 14.6. The molecule has 1 aromatic heterocycles. The third kappa shape index (κ3) is 4.28. The minimum atomic E-state index is 0.00480. The van der Waals surface area contributed by atoms with Crippen LogP contribution in [0.25, 0.3) is 0 Å². The highest BCUT2D eigenvalue weighted by Gasteiger charge is 2.20. The first kappa shape index (κ1) is 15.4. The summed E-state index contributed by atoms with van der Waals surface area (Å²) in [6.45, 7) is 8.14. The van der Waals surface area contributed by atoms with Gasteiger partial charge in [0.15, 0.2) is 0 Å². The highest BCUT2D eigenvalue weighted by atomic mass is 32.1. The Hall–Kier alpha value is -0.940. The molecule has 0 spiro atoms. The summed E-state index contributed by atoms with van der Waals surface area (Å²) < 4.78 is 0. The average molecular weight is 295 g/mol. The van der Waals surface area contributed by atoms with Crippen molar-refractivity contribution in [2.45, 2.75) is 57.9 Å². The normalized spacial score (nSPS) is 19.9. The summed E-state index contributed by atoms with van der Waals surface area (Å²) in [5.41, 5.74) is 1.24. The molecule has 1 aliphatic heterocycles. The summed E-state index contributed by atoms with van der Waals surface area (Å²) in [4.78, 5) is 16.6. The Labute approximate surface area is 125 Å². The highest BCUT2D eigenvalue weighted by molar-refractivity contribution is 7.09. The molecule has 1 atom stereocenters. The minimum absolute atomic E-state index is 0.00480. The van der Waals surface area contributed by atoms with Gasteiger partial charge < -0.3 is 10.6 Å². The van der Waals surface area contributed by atoms with Crippen LogP contribution in [0.2, 0.25) is 0 Å². The van der Waals surface area contributed by atoms with Crippen LogP contribution in [0.4, 0.5) is 0 Å². The molecule has 0 saturated carbocycles. The smallest absolute Gasteiger partial charge is 0.237 e. The average Bonchev–Trinajstić information content (AvgIpc) is 2.88. The lowest BCUT2D eigenvalue weighted by Crippen LogP contribution is -2.47. The fourth-order valence-corrected chi connectivity index (χ4v) is 3.29. The summed E-state index contributed by atoms with van der Waals surface area (Å²) >= 11 is 1.69. The van der Waals surface area contributed by atoms with E-state index in [1.807, 2.05) is 0 Å². The molecular weight excluding hydrogens is 270 g/mol. The van der Waals surface area contributed by atoms with Gasteiger partial charge in [-0.2, -0.15) is 0 Å². The van der Waals surface area contributed by atoms with Gasteiger partial charge in [-0.05, 0) is 19.4 Å². The number of hydrogen-bond acceptors (Lipinski definition) is 4. The van der Waals surface area contributed by atoms with Crippen molar-refractivity contribution in [3.63, 3.8) is 0 Å². The molecule has 0 bridgehead atoms. The predicted molar refractivity (Wildman–Crippen MR) is 83.2 cm³/mol. The Morgan fingerprint density at radius 2 is 2.30 bits per heavy atom. The highest BCUT2D eigenvalue weighted by Crippen LogP contribution is 2.23. The van der Waals surface area contributed by atoms with E-state index in [1.54, 1.807) is 11.3 Å².